The van der Waals surface area contributed by atoms with Gasteiger partial charge in [0.25, 0.3) is 0 Å². The van der Waals surface area contributed by atoms with Gasteiger partial charge in [-0.3, -0.25) is 0 Å². The summed E-state index contributed by atoms with van der Waals surface area (Å²) in [6.07, 6.45) is 1.29. The molecule has 92 valence electrons. The standard InChI is InChI=1S/C11H14N2O3S/c12-7-10-1-2-11(16-10)8-13-9-3-5-17(14,15)6-4-9/h1-2,9,13H,3-6,8H2. The monoisotopic (exact) mass is 254 g/mol. The minimum absolute atomic E-state index is 0.217. The summed E-state index contributed by atoms with van der Waals surface area (Å²) in [5.74, 6) is 1.52. The molecule has 0 spiro atoms. The fourth-order valence-corrected chi connectivity index (χ4v) is 3.36. The normalized spacial score (nSPS) is 19.9. The fourth-order valence-electron chi connectivity index (χ4n) is 1.87. The maximum atomic E-state index is 11.2. The molecule has 0 aliphatic carbocycles. The van der Waals surface area contributed by atoms with Gasteiger partial charge in [0.1, 0.15) is 21.7 Å². The zero-order valence-corrected chi connectivity index (χ0v) is 10.2. The van der Waals surface area contributed by atoms with E-state index in [1.54, 1.807) is 12.1 Å². The van der Waals surface area contributed by atoms with Crippen LogP contribution in [-0.4, -0.2) is 26.0 Å². The highest BCUT2D eigenvalue weighted by molar-refractivity contribution is 7.91. The lowest BCUT2D eigenvalue weighted by Crippen LogP contribution is -2.37. The van der Waals surface area contributed by atoms with E-state index in [1.807, 2.05) is 6.07 Å². The number of nitriles is 1. The molecule has 0 bridgehead atoms. The Labute approximate surface area is 100 Å². The minimum Gasteiger partial charge on any atom is -0.449 e. The highest BCUT2D eigenvalue weighted by Crippen LogP contribution is 2.13. The Morgan fingerprint density at radius 2 is 2.12 bits per heavy atom. The van der Waals surface area contributed by atoms with Crippen molar-refractivity contribution in [2.24, 2.45) is 0 Å². The van der Waals surface area contributed by atoms with E-state index < -0.39 is 9.84 Å². The van der Waals surface area contributed by atoms with E-state index in [-0.39, 0.29) is 17.5 Å². The van der Waals surface area contributed by atoms with Crippen LogP contribution >= 0.6 is 0 Å². The maximum absolute atomic E-state index is 11.2. The van der Waals surface area contributed by atoms with Gasteiger partial charge in [-0.2, -0.15) is 5.26 Å². The molecule has 1 aliphatic rings. The van der Waals surface area contributed by atoms with E-state index in [9.17, 15) is 8.42 Å². The highest BCUT2D eigenvalue weighted by Gasteiger charge is 2.23. The molecule has 6 heteroatoms. The van der Waals surface area contributed by atoms with E-state index in [0.29, 0.717) is 30.9 Å². The molecule has 0 unspecified atom stereocenters. The van der Waals surface area contributed by atoms with Crippen molar-refractivity contribution in [1.29, 1.82) is 5.26 Å². The Kier molecular flexibility index (Phi) is 3.50. The van der Waals surface area contributed by atoms with Crippen molar-refractivity contribution in [1.82, 2.24) is 5.32 Å². The molecule has 0 amide bonds. The van der Waals surface area contributed by atoms with Crippen LogP contribution < -0.4 is 5.32 Å². The van der Waals surface area contributed by atoms with Crippen LogP contribution in [0, 0.1) is 11.3 Å². The van der Waals surface area contributed by atoms with Gasteiger partial charge in [0.05, 0.1) is 18.1 Å². The second-order valence-electron chi connectivity index (χ2n) is 4.18. The summed E-state index contributed by atoms with van der Waals surface area (Å²) in [4.78, 5) is 0. The summed E-state index contributed by atoms with van der Waals surface area (Å²) in [7, 11) is -2.80. The van der Waals surface area contributed by atoms with Crippen LogP contribution in [0.15, 0.2) is 16.5 Å². The van der Waals surface area contributed by atoms with Gasteiger partial charge in [0.2, 0.25) is 5.76 Å². The van der Waals surface area contributed by atoms with Gasteiger partial charge in [0, 0.05) is 6.04 Å². The molecule has 1 aromatic rings. The third kappa shape index (κ3) is 3.32. The van der Waals surface area contributed by atoms with Gasteiger partial charge in [0.15, 0.2) is 0 Å². The predicted molar refractivity (Wildman–Crippen MR) is 61.9 cm³/mol. The van der Waals surface area contributed by atoms with Crippen LogP contribution in [0.25, 0.3) is 0 Å². The quantitative estimate of drug-likeness (QED) is 0.863. The van der Waals surface area contributed by atoms with Crippen LogP contribution in [-0.2, 0) is 16.4 Å². The lowest BCUT2D eigenvalue weighted by atomic mass is 10.1. The number of furan rings is 1. The Bertz CT molecular complexity index is 513. The summed E-state index contributed by atoms with van der Waals surface area (Å²) >= 11 is 0. The first-order chi connectivity index (χ1) is 8.09. The molecule has 0 aromatic carbocycles. The Morgan fingerprint density at radius 1 is 1.41 bits per heavy atom. The first-order valence-electron chi connectivity index (χ1n) is 5.52. The Morgan fingerprint density at radius 3 is 2.71 bits per heavy atom. The lowest BCUT2D eigenvalue weighted by Gasteiger charge is -2.22. The van der Waals surface area contributed by atoms with E-state index >= 15 is 0 Å². The number of nitrogens with one attached hydrogen (secondary N) is 1. The molecule has 5 nitrogen and oxygen atoms in total. The Balaban J connectivity index is 1.82. The number of rotatable bonds is 3. The zero-order chi connectivity index (χ0) is 12.3. The van der Waals surface area contributed by atoms with E-state index in [1.165, 1.54) is 0 Å². The van der Waals surface area contributed by atoms with Gasteiger partial charge in [-0.25, -0.2) is 8.42 Å². The van der Waals surface area contributed by atoms with Crippen molar-refractivity contribution < 1.29 is 12.8 Å². The van der Waals surface area contributed by atoms with Crippen molar-refractivity contribution in [3.8, 4) is 6.07 Å². The third-order valence-corrected chi connectivity index (χ3v) is 4.61. The predicted octanol–water partition coefficient (Wildman–Crippen LogP) is 0.818. The zero-order valence-electron chi connectivity index (χ0n) is 9.35. The van der Waals surface area contributed by atoms with E-state index in [2.05, 4.69) is 5.32 Å². The largest absolute Gasteiger partial charge is 0.449 e. The van der Waals surface area contributed by atoms with E-state index in [4.69, 9.17) is 9.68 Å². The topological polar surface area (TPSA) is 83.1 Å². The summed E-state index contributed by atoms with van der Waals surface area (Å²) in [5, 5.41) is 11.8. The molecule has 1 aliphatic heterocycles. The van der Waals surface area contributed by atoms with Crippen molar-refractivity contribution in [3.63, 3.8) is 0 Å². The van der Waals surface area contributed by atoms with Crippen molar-refractivity contribution in [2.45, 2.75) is 25.4 Å². The molecule has 1 N–H and O–H groups in total. The second kappa shape index (κ2) is 4.90. The fraction of sp³-hybridized carbons (Fsp3) is 0.545. The van der Waals surface area contributed by atoms with Crippen LogP contribution in [0.2, 0.25) is 0 Å². The van der Waals surface area contributed by atoms with Gasteiger partial charge in [-0.15, -0.1) is 0 Å². The van der Waals surface area contributed by atoms with Crippen LogP contribution in [0.4, 0.5) is 0 Å². The van der Waals surface area contributed by atoms with E-state index in [0.717, 1.165) is 0 Å². The number of hydrogen-bond acceptors (Lipinski definition) is 5. The molecular weight excluding hydrogens is 240 g/mol. The molecule has 17 heavy (non-hydrogen) atoms. The molecule has 1 saturated heterocycles. The van der Waals surface area contributed by atoms with Gasteiger partial charge >= 0.3 is 0 Å². The lowest BCUT2D eigenvalue weighted by molar-refractivity contribution is 0.417. The summed E-state index contributed by atoms with van der Waals surface area (Å²) < 4.78 is 27.7. The summed E-state index contributed by atoms with van der Waals surface area (Å²) in [6.45, 7) is 0.534. The number of nitrogens with zero attached hydrogens (tertiary/aromatic N) is 1. The molecule has 0 saturated carbocycles. The Hall–Kier alpha value is -1.32. The first-order valence-corrected chi connectivity index (χ1v) is 7.34. The van der Waals surface area contributed by atoms with Gasteiger partial charge in [-0.1, -0.05) is 0 Å². The molecule has 0 atom stereocenters. The molecular formula is C11H14N2O3S. The van der Waals surface area contributed by atoms with Crippen LogP contribution in [0.5, 0.6) is 0 Å². The van der Waals surface area contributed by atoms with Gasteiger partial charge < -0.3 is 9.73 Å². The van der Waals surface area contributed by atoms with Crippen molar-refractivity contribution in [3.05, 3.63) is 23.7 Å². The van der Waals surface area contributed by atoms with Crippen molar-refractivity contribution in [2.75, 3.05) is 11.5 Å². The average Bonchev–Trinajstić information content (AvgIpc) is 2.75. The summed E-state index contributed by atoms with van der Waals surface area (Å²) in [5.41, 5.74) is 0. The first kappa shape index (κ1) is 12.1. The molecule has 2 heterocycles. The SMILES string of the molecule is N#Cc1ccc(CNC2CCS(=O)(=O)CC2)o1. The maximum Gasteiger partial charge on any atom is 0.203 e. The smallest absolute Gasteiger partial charge is 0.203 e. The van der Waals surface area contributed by atoms with Crippen molar-refractivity contribution >= 4 is 9.84 Å². The molecule has 1 aromatic heterocycles. The second-order valence-corrected chi connectivity index (χ2v) is 6.49. The molecule has 2 rings (SSSR count). The third-order valence-electron chi connectivity index (χ3n) is 2.89. The number of sulfone groups is 1. The van der Waals surface area contributed by atoms with Gasteiger partial charge in [-0.05, 0) is 25.0 Å². The highest BCUT2D eigenvalue weighted by atomic mass is 32.2. The minimum atomic E-state index is -2.80. The average molecular weight is 254 g/mol. The number of hydrogen-bond donors (Lipinski definition) is 1. The van der Waals surface area contributed by atoms with Crippen LogP contribution in [0.1, 0.15) is 24.4 Å². The summed E-state index contributed by atoms with van der Waals surface area (Å²) in [6, 6.07) is 5.52. The molecule has 0 radical (unpaired) electrons. The van der Waals surface area contributed by atoms with Crippen LogP contribution in [0.3, 0.4) is 0 Å². The molecule has 1 fully saturated rings.